The third kappa shape index (κ3) is 1.83. The molecule has 1 aromatic rings. The van der Waals surface area contributed by atoms with E-state index in [4.69, 9.17) is 0 Å². The van der Waals surface area contributed by atoms with E-state index in [0.29, 0.717) is 0 Å². The van der Waals surface area contributed by atoms with E-state index in [1.54, 1.807) is 0 Å². The van der Waals surface area contributed by atoms with Crippen LogP contribution in [0.15, 0.2) is 24.3 Å². The summed E-state index contributed by atoms with van der Waals surface area (Å²) in [5.74, 6) is 0. The lowest BCUT2D eigenvalue weighted by Gasteiger charge is -2.17. The maximum absolute atomic E-state index is 3.74. The van der Waals surface area contributed by atoms with Crippen molar-refractivity contribution in [3.8, 4) is 0 Å². The summed E-state index contributed by atoms with van der Waals surface area (Å²) in [5.41, 5.74) is 2.55. The highest BCUT2D eigenvalue weighted by Gasteiger charge is 2.11. The number of benzene rings is 1. The van der Waals surface area contributed by atoms with Gasteiger partial charge in [-0.3, -0.25) is 0 Å². The number of anilines is 1. The number of quaternary nitrogens is 1. The summed E-state index contributed by atoms with van der Waals surface area (Å²) in [6.45, 7) is 2.43. The highest BCUT2D eigenvalue weighted by Crippen LogP contribution is 2.20. The van der Waals surface area contributed by atoms with Crippen molar-refractivity contribution in [1.29, 1.82) is 0 Å². The zero-order chi connectivity index (χ0) is 9.10. The highest BCUT2D eigenvalue weighted by atomic mass is 15.1. The SMILES string of the molecule is [CH2-][NH2+]c1ccc(N2CCCC2)cc1. The van der Waals surface area contributed by atoms with Gasteiger partial charge in [-0.05, 0) is 37.1 Å². The maximum atomic E-state index is 3.74. The molecular weight excluding hydrogens is 160 g/mol. The van der Waals surface area contributed by atoms with Gasteiger partial charge >= 0.3 is 0 Å². The van der Waals surface area contributed by atoms with Crippen LogP contribution in [0.5, 0.6) is 0 Å². The molecule has 0 radical (unpaired) electrons. The molecule has 2 rings (SSSR count). The molecule has 2 N–H and O–H groups in total. The minimum atomic E-state index is 1.20. The Morgan fingerprint density at radius 1 is 1.08 bits per heavy atom. The standard InChI is InChI=1S/C11H16N2/c1-12-10-4-6-11(7-5-10)13-8-2-3-9-13/h4-7H,1-3,8-9,12H2. The summed E-state index contributed by atoms with van der Waals surface area (Å²) in [4.78, 5) is 2.44. The molecule has 0 unspecified atom stereocenters. The molecule has 0 aliphatic carbocycles. The minimum Gasteiger partial charge on any atom is -0.446 e. The first-order valence-corrected chi connectivity index (χ1v) is 4.87. The van der Waals surface area contributed by atoms with Crippen LogP contribution in [0.1, 0.15) is 12.8 Å². The van der Waals surface area contributed by atoms with Gasteiger partial charge in [0.15, 0.2) is 0 Å². The van der Waals surface area contributed by atoms with E-state index in [0.717, 1.165) is 0 Å². The lowest BCUT2D eigenvalue weighted by atomic mass is 10.2. The first kappa shape index (κ1) is 8.57. The van der Waals surface area contributed by atoms with E-state index in [1.807, 2.05) is 5.32 Å². The van der Waals surface area contributed by atoms with E-state index in [1.165, 1.54) is 37.3 Å². The molecule has 1 fully saturated rings. The zero-order valence-electron chi connectivity index (χ0n) is 7.87. The predicted octanol–water partition coefficient (Wildman–Crippen LogP) is 1.27. The second-order valence-corrected chi connectivity index (χ2v) is 3.49. The normalized spacial score (nSPS) is 16.5. The second kappa shape index (κ2) is 3.79. The smallest absolute Gasteiger partial charge is 0.103 e. The molecule has 0 bridgehead atoms. The Balaban J connectivity index is 2.12. The highest BCUT2D eigenvalue weighted by molar-refractivity contribution is 5.51. The fourth-order valence-electron chi connectivity index (χ4n) is 1.80. The van der Waals surface area contributed by atoms with Crippen LogP contribution >= 0.6 is 0 Å². The van der Waals surface area contributed by atoms with Gasteiger partial charge in [0, 0.05) is 18.8 Å². The largest absolute Gasteiger partial charge is 0.446 e. The van der Waals surface area contributed by atoms with Crippen molar-refractivity contribution in [2.24, 2.45) is 0 Å². The molecule has 1 aliphatic heterocycles. The molecule has 1 aliphatic rings. The Hall–Kier alpha value is -1.02. The molecule has 70 valence electrons. The lowest BCUT2D eigenvalue weighted by Crippen LogP contribution is -2.69. The quantitative estimate of drug-likeness (QED) is 0.531. The van der Waals surface area contributed by atoms with Crippen LogP contribution in [-0.2, 0) is 0 Å². The van der Waals surface area contributed by atoms with Crippen molar-refractivity contribution in [1.82, 2.24) is 0 Å². The van der Waals surface area contributed by atoms with Crippen LogP contribution in [0.25, 0.3) is 0 Å². The molecule has 2 heteroatoms. The van der Waals surface area contributed by atoms with Crippen LogP contribution in [0, 0.1) is 7.05 Å². The molecule has 13 heavy (non-hydrogen) atoms. The summed E-state index contributed by atoms with van der Waals surface area (Å²) in [7, 11) is 3.74. The van der Waals surface area contributed by atoms with Crippen LogP contribution < -0.4 is 10.2 Å². The van der Waals surface area contributed by atoms with E-state index in [-0.39, 0.29) is 0 Å². The van der Waals surface area contributed by atoms with Crippen molar-refractivity contribution >= 4 is 11.4 Å². The number of rotatable bonds is 2. The summed E-state index contributed by atoms with van der Waals surface area (Å²) < 4.78 is 0. The molecule has 1 heterocycles. The Labute approximate surface area is 79.6 Å². The van der Waals surface area contributed by atoms with Gasteiger partial charge in [0.25, 0.3) is 0 Å². The summed E-state index contributed by atoms with van der Waals surface area (Å²) in [6, 6.07) is 8.62. The molecule has 0 atom stereocenters. The van der Waals surface area contributed by atoms with E-state index < -0.39 is 0 Å². The average Bonchev–Trinajstić information content (AvgIpc) is 2.71. The fraction of sp³-hybridized carbons (Fsp3) is 0.364. The topological polar surface area (TPSA) is 19.9 Å². The second-order valence-electron chi connectivity index (χ2n) is 3.49. The van der Waals surface area contributed by atoms with Gasteiger partial charge in [-0.1, -0.05) is 0 Å². The molecular formula is C11H16N2. The number of nitrogens with zero attached hydrogens (tertiary/aromatic N) is 1. The first-order chi connectivity index (χ1) is 6.40. The van der Waals surface area contributed by atoms with E-state index in [9.17, 15) is 0 Å². The number of hydrogen-bond donors (Lipinski definition) is 1. The average molecular weight is 176 g/mol. The van der Waals surface area contributed by atoms with Gasteiger partial charge in [-0.25, -0.2) is 0 Å². The zero-order valence-corrected chi connectivity index (χ0v) is 7.87. The number of hydrogen-bond acceptors (Lipinski definition) is 1. The van der Waals surface area contributed by atoms with Crippen molar-refractivity contribution in [2.75, 3.05) is 18.0 Å². The maximum Gasteiger partial charge on any atom is 0.103 e. The molecule has 0 amide bonds. The van der Waals surface area contributed by atoms with Gasteiger partial charge in [0.1, 0.15) is 5.69 Å². The van der Waals surface area contributed by atoms with Gasteiger partial charge in [-0.2, -0.15) is 0 Å². The molecule has 2 nitrogen and oxygen atoms in total. The van der Waals surface area contributed by atoms with Crippen molar-refractivity contribution < 1.29 is 5.32 Å². The molecule has 0 saturated carbocycles. The molecule has 0 spiro atoms. The number of nitrogens with two attached hydrogens (primary N) is 1. The Kier molecular flexibility index (Phi) is 2.50. The lowest BCUT2D eigenvalue weighted by molar-refractivity contribution is -0.504. The van der Waals surface area contributed by atoms with E-state index >= 15 is 0 Å². The Morgan fingerprint density at radius 2 is 1.69 bits per heavy atom. The Morgan fingerprint density at radius 3 is 2.23 bits per heavy atom. The van der Waals surface area contributed by atoms with Gasteiger partial charge in [0.2, 0.25) is 0 Å². The van der Waals surface area contributed by atoms with Crippen LogP contribution in [-0.4, -0.2) is 13.1 Å². The van der Waals surface area contributed by atoms with Gasteiger partial charge in [0.05, 0.1) is 0 Å². The van der Waals surface area contributed by atoms with Gasteiger partial charge < -0.3 is 10.2 Å². The fourth-order valence-corrected chi connectivity index (χ4v) is 1.80. The molecule has 1 saturated heterocycles. The van der Waals surface area contributed by atoms with Crippen LogP contribution in [0.4, 0.5) is 11.4 Å². The third-order valence-electron chi connectivity index (χ3n) is 2.60. The Bertz CT molecular complexity index is 260. The summed E-state index contributed by atoms with van der Waals surface area (Å²) >= 11 is 0. The van der Waals surface area contributed by atoms with Crippen LogP contribution in [0.2, 0.25) is 0 Å². The van der Waals surface area contributed by atoms with Gasteiger partial charge in [-0.15, -0.1) is 7.05 Å². The van der Waals surface area contributed by atoms with Crippen molar-refractivity contribution in [3.05, 3.63) is 31.3 Å². The molecule has 0 aromatic heterocycles. The van der Waals surface area contributed by atoms with Crippen molar-refractivity contribution in [3.63, 3.8) is 0 Å². The summed E-state index contributed by atoms with van der Waals surface area (Å²) in [6.07, 6.45) is 2.67. The summed E-state index contributed by atoms with van der Waals surface area (Å²) in [5, 5.41) is 1.88. The van der Waals surface area contributed by atoms with Crippen molar-refractivity contribution in [2.45, 2.75) is 12.8 Å². The monoisotopic (exact) mass is 176 g/mol. The van der Waals surface area contributed by atoms with E-state index in [2.05, 4.69) is 36.2 Å². The first-order valence-electron chi connectivity index (χ1n) is 4.87. The molecule has 1 aromatic carbocycles. The van der Waals surface area contributed by atoms with Crippen LogP contribution in [0.3, 0.4) is 0 Å². The third-order valence-corrected chi connectivity index (χ3v) is 2.60. The predicted molar refractivity (Wildman–Crippen MR) is 54.8 cm³/mol. The minimum absolute atomic E-state index is 1.20.